The maximum absolute atomic E-state index is 12.4. The van der Waals surface area contributed by atoms with E-state index in [-0.39, 0.29) is 17.9 Å². The Morgan fingerprint density at radius 2 is 2.21 bits per heavy atom. The summed E-state index contributed by atoms with van der Waals surface area (Å²) in [5.74, 6) is 1.86. The first-order valence-corrected chi connectivity index (χ1v) is 8.49. The third-order valence-electron chi connectivity index (χ3n) is 4.41. The van der Waals surface area contributed by atoms with Crippen molar-refractivity contribution in [1.29, 1.82) is 0 Å². The summed E-state index contributed by atoms with van der Waals surface area (Å²) >= 11 is 0. The van der Waals surface area contributed by atoms with Crippen LogP contribution >= 0.6 is 0 Å². The van der Waals surface area contributed by atoms with Crippen molar-refractivity contribution < 1.29 is 9.21 Å². The highest BCUT2D eigenvalue weighted by Crippen LogP contribution is 2.21. The Morgan fingerprint density at radius 1 is 1.42 bits per heavy atom. The second kappa shape index (κ2) is 7.47. The number of carbonyl (C=O) groups excluding carboxylic acids is 1. The standard InChI is InChI=1S/C18H24N4O2/c1-13-5-8-19-18(21-13)22-9-6-15(7-10-22)17(23)20-14(2)12-16-4-3-11-24-16/h3-5,8,11,14-15H,6-7,9-10,12H2,1-2H3,(H,20,23). The second-order valence-corrected chi connectivity index (χ2v) is 6.45. The first kappa shape index (κ1) is 16.5. The average Bonchev–Trinajstić information content (AvgIpc) is 3.07. The fourth-order valence-corrected chi connectivity index (χ4v) is 3.07. The number of nitrogens with one attached hydrogen (secondary N) is 1. The van der Waals surface area contributed by atoms with Crippen LogP contribution in [0.5, 0.6) is 0 Å². The smallest absolute Gasteiger partial charge is 0.225 e. The quantitative estimate of drug-likeness (QED) is 0.912. The number of aryl methyl sites for hydroxylation is 1. The highest BCUT2D eigenvalue weighted by molar-refractivity contribution is 5.79. The summed E-state index contributed by atoms with van der Waals surface area (Å²) in [5.41, 5.74) is 0.964. The molecule has 0 aliphatic carbocycles. The van der Waals surface area contributed by atoms with E-state index in [9.17, 15) is 4.79 Å². The minimum Gasteiger partial charge on any atom is -0.469 e. The Kier molecular flexibility index (Phi) is 5.13. The number of nitrogens with zero attached hydrogens (tertiary/aromatic N) is 3. The van der Waals surface area contributed by atoms with Crippen LogP contribution in [0.4, 0.5) is 5.95 Å². The molecule has 24 heavy (non-hydrogen) atoms. The Balaban J connectivity index is 1.48. The number of amides is 1. The van der Waals surface area contributed by atoms with Crippen molar-refractivity contribution in [3.8, 4) is 0 Å². The van der Waals surface area contributed by atoms with Crippen LogP contribution in [0.25, 0.3) is 0 Å². The predicted octanol–water partition coefficient (Wildman–Crippen LogP) is 2.34. The van der Waals surface area contributed by atoms with Crippen molar-refractivity contribution in [2.45, 2.75) is 39.2 Å². The highest BCUT2D eigenvalue weighted by Gasteiger charge is 2.27. The Labute approximate surface area is 142 Å². The van der Waals surface area contributed by atoms with Gasteiger partial charge < -0.3 is 14.6 Å². The molecule has 1 saturated heterocycles. The molecule has 1 fully saturated rings. The second-order valence-electron chi connectivity index (χ2n) is 6.45. The van der Waals surface area contributed by atoms with E-state index >= 15 is 0 Å². The van der Waals surface area contributed by atoms with Crippen molar-refractivity contribution in [1.82, 2.24) is 15.3 Å². The average molecular weight is 328 g/mol. The van der Waals surface area contributed by atoms with E-state index in [4.69, 9.17) is 4.42 Å². The first-order chi connectivity index (χ1) is 11.6. The molecule has 0 bridgehead atoms. The molecule has 1 N–H and O–H groups in total. The summed E-state index contributed by atoms with van der Waals surface area (Å²) < 4.78 is 5.33. The number of carbonyl (C=O) groups is 1. The number of piperidine rings is 1. The lowest BCUT2D eigenvalue weighted by atomic mass is 9.95. The zero-order chi connectivity index (χ0) is 16.9. The Bertz CT molecular complexity index is 663. The van der Waals surface area contributed by atoms with Crippen molar-refractivity contribution >= 4 is 11.9 Å². The SMILES string of the molecule is Cc1ccnc(N2CCC(C(=O)NC(C)Cc3ccco3)CC2)n1. The van der Waals surface area contributed by atoms with E-state index in [2.05, 4.69) is 20.2 Å². The molecule has 0 aromatic carbocycles. The van der Waals surface area contributed by atoms with E-state index in [0.29, 0.717) is 6.42 Å². The largest absolute Gasteiger partial charge is 0.469 e. The van der Waals surface area contributed by atoms with Gasteiger partial charge in [-0.2, -0.15) is 0 Å². The van der Waals surface area contributed by atoms with Crippen LogP contribution in [0.15, 0.2) is 35.1 Å². The molecule has 3 rings (SSSR count). The molecule has 0 spiro atoms. The molecule has 3 heterocycles. The number of furan rings is 1. The van der Waals surface area contributed by atoms with Gasteiger partial charge >= 0.3 is 0 Å². The van der Waals surface area contributed by atoms with Crippen LogP contribution in [-0.2, 0) is 11.2 Å². The van der Waals surface area contributed by atoms with Gasteiger partial charge in [-0.3, -0.25) is 4.79 Å². The molecular formula is C18H24N4O2. The molecule has 2 aromatic heterocycles. The van der Waals surface area contributed by atoms with Crippen LogP contribution in [0.1, 0.15) is 31.2 Å². The summed E-state index contributed by atoms with van der Waals surface area (Å²) in [5, 5.41) is 3.10. The van der Waals surface area contributed by atoms with Crippen molar-refractivity contribution in [3.63, 3.8) is 0 Å². The van der Waals surface area contributed by atoms with E-state index in [1.807, 2.05) is 32.0 Å². The highest BCUT2D eigenvalue weighted by atomic mass is 16.3. The molecular weight excluding hydrogens is 304 g/mol. The summed E-state index contributed by atoms with van der Waals surface area (Å²) in [6.07, 6.45) is 5.82. The molecule has 1 atom stereocenters. The van der Waals surface area contributed by atoms with Crippen LogP contribution in [0.2, 0.25) is 0 Å². The van der Waals surface area contributed by atoms with Gasteiger partial charge in [0.2, 0.25) is 11.9 Å². The Hall–Kier alpha value is -2.37. The zero-order valence-electron chi connectivity index (χ0n) is 14.2. The van der Waals surface area contributed by atoms with Crippen molar-refractivity contribution in [3.05, 3.63) is 42.1 Å². The van der Waals surface area contributed by atoms with E-state index < -0.39 is 0 Å². The van der Waals surface area contributed by atoms with Gasteiger partial charge in [-0.05, 0) is 44.9 Å². The molecule has 2 aromatic rings. The molecule has 128 valence electrons. The molecule has 0 saturated carbocycles. The summed E-state index contributed by atoms with van der Waals surface area (Å²) in [4.78, 5) is 23.4. The molecule has 1 unspecified atom stereocenters. The summed E-state index contributed by atoms with van der Waals surface area (Å²) in [7, 11) is 0. The van der Waals surface area contributed by atoms with Crippen LogP contribution in [0.3, 0.4) is 0 Å². The third-order valence-corrected chi connectivity index (χ3v) is 4.41. The van der Waals surface area contributed by atoms with Crippen molar-refractivity contribution in [2.24, 2.45) is 5.92 Å². The van der Waals surface area contributed by atoms with Gasteiger partial charge in [0, 0.05) is 43.4 Å². The fourth-order valence-electron chi connectivity index (χ4n) is 3.07. The topological polar surface area (TPSA) is 71.3 Å². The van der Waals surface area contributed by atoms with Crippen LogP contribution in [-0.4, -0.2) is 35.0 Å². The van der Waals surface area contributed by atoms with Gasteiger partial charge in [-0.1, -0.05) is 0 Å². The predicted molar refractivity (Wildman–Crippen MR) is 91.7 cm³/mol. The zero-order valence-corrected chi connectivity index (χ0v) is 14.2. The number of hydrogen-bond acceptors (Lipinski definition) is 5. The fraction of sp³-hybridized carbons (Fsp3) is 0.500. The van der Waals surface area contributed by atoms with E-state index in [1.54, 1.807) is 12.5 Å². The number of rotatable bonds is 5. The Morgan fingerprint density at radius 3 is 2.88 bits per heavy atom. The van der Waals surface area contributed by atoms with E-state index in [0.717, 1.165) is 43.3 Å². The molecule has 6 nitrogen and oxygen atoms in total. The summed E-state index contributed by atoms with van der Waals surface area (Å²) in [6, 6.07) is 5.77. The molecule has 1 aliphatic heterocycles. The van der Waals surface area contributed by atoms with Gasteiger partial charge in [0.15, 0.2) is 0 Å². The van der Waals surface area contributed by atoms with Gasteiger partial charge in [0.1, 0.15) is 5.76 Å². The van der Waals surface area contributed by atoms with Crippen molar-refractivity contribution in [2.75, 3.05) is 18.0 Å². The minimum absolute atomic E-state index is 0.0603. The normalized spacial score (nSPS) is 16.8. The van der Waals surface area contributed by atoms with Crippen LogP contribution < -0.4 is 10.2 Å². The lowest BCUT2D eigenvalue weighted by Gasteiger charge is -2.31. The minimum atomic E-state index is 0.0603. The van der Waals surface area contributed by atoms with Gasteiger partial charge in [0.25, 0.3) is 0 Å². The maximum atomic E-state index is 12.4. The van der Waals surface area contributed by atoms with Crippen LogP contribution in [0, 0.1) is 12.8 Å². The summed E-state index contributed by atoms with van der Waals surface area (Å²) in [6.45, 7) is 5.60. The lowest BCUT2D eigenvalue weighted by molar-refractivity contribution is -0.126. The van der Waals surface area contributed by atoms with Gasteiger partial charge in [-0.25, -0.2) is 9.97 Å². The number of aromatic nitrogens is 2. The van der Waals surface area contributed by atoms with E-state index in [1.165, 1.54) is 0 Å². The number of hydrogen-bond donors (Lipinski definition) is 1. The molecule has 0 radical (unpaired) electrons. The first-order valence-electron chi connectivity index (χ1n) is 8.49. The van der Waals surface area contributed by atoms with Gasteiger partial charge in [-0.15, -0.1) is 0 Å². The molecule has 1 amide bonds. The third kappa shape index (κ3) is 4.13. The lowest BCUT2D eigenvalue weighted by Crippen LogP contribution is -2.44. The molecule has 6 heteroatoms. The molecule has 1 aliphatic rings. The number of anilines is 1. The maximum Gasteiger partial charge on any atom is 0.225 e. The van der Waals surface area contributed by atoms with Gasteiger partial charge in [0.05, 0.1) is 6.26 Å². The monoisotopic (exact) mass is 328 g/mol.